The number of rotatable bonds is 3. The van der Waals surface area contributed by atoms with Crippen molar-refractivity contribution in [2.75, 3.05) is 25.5 Å². The Morgan fingerprint density at radius 3 is 2.92 bits per heavy atom. The van der Waals surface area contributed by atoms with Crippen LogP contribution >= 0.6 is 0 Å². The van der Waals surface area contributed by atoms with Crippen molar-refractivity contribution in [3.63, 3.8) is 0 Å². The number of anilines is 1. The van der Waals surface area contributed by atoms with Gasteiger partial charge in [-0.25, -0.2) is 0 Å². The Morgan fingerprint density at radius 1 is 1.19 bits per heavy atom. The predicted octanol–water partition coefficient (Wildman–Crippen LogP) is 3.21. The molecule has 2 aromatic heterocycles. The summed E-state index contributed by atoms with van der Waals surface area (Å²) in [6, 6.07) is 7.95. The summed E-state index contributed by atoms with van der Waals surface area (Å²) < 4.78 is 0. The van der Waals surface area contributed by atoms with Crippen molar-refractivity contribution in [2.45, 2.75) is 25.8 Å². The lowest BCUT2D eigenvalue weighted by Crippen LogP contribution is -2.40. The van der Waals surface area contributed by atoms with Crippen LogP contribution in [-0.4, -0.2) is 51.4 Å². The number of hydrogen-bond acceptors (Lipinski definition) is 6. The van der Waals surface area contributed by atoms with Gasteiger partial charge in [-0.3, -0.25) is 4.98 Å². The molecule has 0 unspecified atom stereocenters. The fourth-order valence-corrected chi connectivity index (χ4v) is 3.63. The fourth-order valence-electron chi connectivity index (χ4n) is 3.63. The standard InChI is InChI=1S/C20H23N5O/c1-13-5-3-7-16(19(13)26)18-15-8-9-21-11-17(15)20(24-23-18)22-14-6-4-10-25(2)12-14/h3,5,7-9,11,14,26H,4,6,10,12H2,1-2H3,(H,22,24)/t14-/m1/s1. The number of fused-ring (bicyclic) bond motifs is 1. The number of likely N-dealkylation sites (N-methyl/N-ethyl adjacent to an activating group) is 1. The number of phenolic OH excluding ortho intramolecular Hbond substituents is 1. The van der Waals surface area contributed by atoms with Crippen LogP contribution < -0.4 is 5.32 Å². The summed E-state index contributed by atoms with van der Waals surface area (Å²) in [5, 5.41) is 24.8. The van der Waals surface area contributed by atoms with E-state index in [0.29, 0.717) is 17.3 Å². The molecule has 2 N–H and O–H groups in total. The molecule has 0 aliphatic carbocycles. The zero-order valence-corrected chi connectivity index (χ0v) is 15.1. The van der Waals surface area contributed by atoms with Gasteiger partial charge in [-0.2, -0.15) is 0 Å². The number of nitrogens with one attached hydrogen (secondary N) is 1. The Balaban J connectivity index is 1.77. The average molecular weight is 349 g/mol. The summed E-state index contributed by atoms with van der Waals surface area (Å²) in [6.07, 6.45) is 5.86. The van der Waals surface area contributed by atoms with Gasteiger partial charge in [0.05, 0.1) is 0 Å². The number of nitrogens with zero attached hydrogens (tertiary/aromatic N) is 4. The molecule has 0 radical (unpaired) electrons. The second kappa shape index (κ2) is 6.88. The highest BCUT2D eigenvalue weighted by Gasteiger charge is 2.20. The normalized spacial score (nSPS) is 18.2. The summed E-state index contributed by atoms with van der Waals surface area (Å²) >= 11 is 0. The zero-order chi connectivity index (χ0) is 18.1. The molecule has 1 aromatic carbocycles. The van der Waals surface area contributed by atoms with Crippen molar-refractivity contribution in [1.82, 2.24) is 20.1 Å². The molecular weight excluding hydrogens is 326 g/mol. The minimum Gasteiger partial charge on any atom is -0.507 e. The summed E-state index contributed by atoms with van der Waals surface area (Å²) in [5.74, 6) is 0.999. The van der Waals surface area contributed by atoms with E-state index >= 15 is 0 Å². The van der Waals surface area contributed by atoms with Crippen LogP contribution in [-0.2, 0) is 0 Å². The molecule has 0 amide bonds. The van der Waals surface area contributed by atoms with Gasteiger partial charge >= 0.3 is 0 Å². The molecule has 0 bridgehead atoms. The van der Waals surface area contributed by atoms with Crippen LogP contribution in [0.25, 0.3) is 22.0 Å². The van der Waals surface area contributed by atoms with Crippen molar-refractivity contribution < 1.29 is 5.11 Å². The van der Waals surface area contributed by atoms with Crippen molar-refractivity contribution in [3.05, 3.63) is 42.2 Å². The number of phenols is 1. The van der Waals surface area contributed by atoms with Crippen LogP contribution in [0.4, 0.5) is 5.82 Å². The fraction of sp³-hybridized carbons (Fsp3) is 0.350. The first-order valence-corrected chi connectivity index (χ1v) is 8.98. The molecule has 134 valence electrons. The molecule has 1 aliphatic rings. The predicted molar refractivity (Wildman–Crippen MR) is 103 cm³/mol. The number of piperidine rings is 1. The molecule has 3 aromatic rings. The molecule has 0 spiro atoms. The van der Waals surface area contributed by atoms with Crippen molar-refractivity contribution >= 4 is 16.6 Å². The quantitative estimate of drug-likeness (QED) is 0.756. The molecule has 1 atom stereocenters. The van der Waals surface area contributed by atoms with Crippen LogP contribution in [0.15, 0.2) is 36.7 Å². The number of likely N-dealkylation sites (tertiary alicyclic amines) is 1. The number of aromatic nitrogens is 3. The van der Waals surface area contributed by atoms with Gasteiger partial charge in [0.1, 0.15) is 11.4 Å². The molecule has 26 heavy (non-hydrogen) atoms. The molecule has 1 aliphatic heterocycles. The topological polar surface area (TPSA) is 74.2 Å². The van der Waals surface area contributed by atoms with Crippen LogP contribution in [0, 0.1) is 6.92 Å². The molecule has 0 saturated carbocycles. The lowest BCUT2D eigenvalue weighted by atomic mass is 10.0. The molecule has 4 rings (SSSR count). The summed E-state index contributed by atoms with van der Waals surface area (Å²) in [5.41, 5.74) is 2.19. The molecule has 6 nitrogen and oxygen atoms in total. The van der Waals surface area contributed by atoms with E-state index in [4.69, 9.17) is 0 Å². The van der Waals surface area contributed by atoms with E-state index < -0.39 is 0 Å². The first-order chi connectivity index (χ1) is 12.6. The zero-order valence-electron chi connectivity index (χ0n) is 15.1. The van der Waals surface area contributed by atoms with Gasteiger partial charge in [0.2, 0.25) is 0 Å². The highest BCUT2D eigenvalue weighted by molar-refractivity contribution is 6.00. The van der Waals surface area contributed by atoms with Gasteiger partial charge in [0, 0.05) is 41.3 Å². The minimum absolute atomic E-state index is 0.245. The lowest BCUT2D eigenvalue weighted by Gasteiger charge is -2.30. The van der Waals surface area contributed by atoms with E-state index in [1.165, 1.54) is 6.42 Å². The largest absolute Gasteiger partial charge is 0.507 e. The first-order valence-electron chi connectivity index (χ1n) is 8.98. The van der Waals surface area contributed by atoms with E-state index in [1.54, 1.807) is 6.20 Å². The number of aryl methyl sites for hydroxylation is 1. The lowest BCUT2D eigenvalue weighted by molar-refractivity contribution is 0.261. The summed E-state index contributed by atoms with van der Waals surface area (Å²) in [4.78, 5) is 6.60. The van der Waals surface area contributed by atoms with Gasteiger partial charge in [-0.1, -0.05) is 12.1 Å². The third-order valence-electron chi connectivity index (χ3n) is 5.04. The van der Waals surface area contributed by atoms with E-state index in [0.717, 1.165) is 41.7 Å². The Kier molecular flexibility index (Phi) is 4.42. The second-order valence-corrected chi connectivity index (χ2v) is 7.04. The molecule has 6 heteroatoms. The summed E-state index contributed by atoms with van der Waals surface area (Å²) in [7, 11) is 2.14. The number of hydrogen-bond donors (Lipinski definition) is 2. The number of para-hydroxylation sites is 1. The van der Waals surface area contributed by atoms with Crippen molar-refractivity contribution in [1.29, 1.82) is 0 Å². The maximum Gasteiger partial charge on any atom is 0.158 e. The highest BCUT2D eigenvalue weighted by atomic mass is 16.3. The average Bonchev–Trinajstić information content (AvgIpc) is 2.65. The van der Waals surface area contributed by atoms with Gasteiger partial charge in [-0.15, -0.1) is 10.2 Å². The Labute approximate surface area is 152 Å². The Hall–Kier alpha value is -2.73. The van der Waals surface area contributed by atoms with Crippen molar-refractivity contribution in [3.8, 4) is 17.0 Å². The van der Waals surface area contributed by atoms with E-state index in [2.05, 4.69) is 32.4 Å². The van der Waals surface area contributed by atoms with Crippen LogP contribution in [0.3, 0.4) is 0 Å². The van der Waals surface area contributed by atoms with Crippen LogP contribution in [0.2, 0.25) is 0 Å². The molecule has 3 heterocycles. The van der Waals surface area contributed by atoms with Crippen molar-refractivity contribution in [2.24, 2.45) is 0 Å². The maximum absolute atomic E-state index is 10.5. The third-order valence-corrected chi connectivity index (χ3v) is 5.04. The molecule has 1 fully saturated rings. The molecule has 1 saturated heterocycles. The van der Waals surface area contributed by atoms with Gasteiger partial charge in [0.25, 0.3) is 0 Å². The second-order valence-electron chi connectivity index (χ2n) is 7.04. The number of aromatic hydroxyl groups is 1. The number of pyridine rings is 1. The van der Waals surface area contributed by atoms with Crippen LogP contribution in [0.1, 0.15) is 18.4 Å². The van der Waals surface area contributed by atoms with E-state index in [-0.39, 0.29) is 5.75 Å². The van der Waals surface area contributed by atoms with Gasteiger partial charge in [-0.05, 0) is 51.1 Å². The van der Waals surface area contributed by atoms with Gasteiger partial charge < -0.3 is 15.3 Å². The highest BCUT2D eigenvalue weighted by Crippen LogP contribution is 2.35. The molecular formula is C20H23N5O. The minimum atomic E-state index is 0.245. The van der Waals surface area contributed by atoms with E-state index in [1.807, 2.05) is 37.4 Å². The SMILES string of the molecule is Cc1cccc(-c2nnc(N[C@@H]3CCCN(C)C3)c3cnccc23)c1O. The number of benzene rings is 1. The van der Waals surface area contributed by atoms with Crippen LogP contribution in [0.5, 0.6) is 5.75 Å². The monoisotopic (exact) mass is 349 g/mol. The first kappa shape index (κ1) is 16.7. The maximum atomic E-state index is 10.5. The van der Waals surface area contributed by atoms with Gasteiger partial charge in [0.15, 0.2) is 5.82 Å². The summed E-state index contributed by atoms with van der Waals surface area (Å²) in [6.45, 7) is 4.01. The Bertz CT molecular complexity index is 943. The third kappa shape index (κ3) is 3.08. The van der Waals surface area contributed by atoms with E-state index in [9.17, 15) is 5.11 Å². The smallest absolute Gasteiger partial charge is 0.158 e. The Morgan fingerprint density at radius 2 is 2.08 bits per heavy atom.